The van der Waals surface area contributed by atoms with E-state index in [4.69, 9.17) is 11.6 Å². The third kappa shape index (κ3) is 3.23. The Morgan fingerprint density at radius 1 is 1.19 bits per heavy atom. The molecule has 0 atom stereocenters. The van der Waals surface area contributed by atoms with Crippen molar-refractivity contribution >= 4 is 28.5 Å². The Hall–Kier alpha value is -3.00. The maximum absolute atomic E-state index is 14.0. The van der Waals surface area contributed by atoms with Crippen LogP contribution in [0.3, 0.4) is 0 Å². The number of rotatable bonds is 3. The van der Waals surface area contributed by atoms with Crippen LogP contribution in [-0.2, 0) is 20.6 Å². The SMILES string of the molecule is CN(Cc1c(F)cccc1Cl)C(=O)c1ccc2c(=O)n(C)c(=O)n(C)c2n1. The minimum atomic E-state index is -0.545. The van der Waals surface area contributed by atoms with Gasteiger partial charge in [-0.3, -0.25) is 18.7 Å². The first-order chi connectivity index (χ1) is 12.7. The second kappa shape index (κ2) is 6.96. The summed E-state index contributed by atoms with van der Waals surface area (Å²) in [6, 6.07) is 7.13. The Labute approximate surface area is 158 Å². The van der Waals surface area contributed by atoms with Crippen LogP contribution >= 0.6 is 11.6 Å². The molecule has 3 aromatic rings. The topological polar surface area (TPSA) is 77.2 Å². The summed E-state index contributed by atoms with van der Waals surface area (Å²) in [5.41, 5.74) is -0.716. The summed E-state index contributed by atoms with van der Waals surface area (Å²) >= 11 is 6.00. The van der Waals surface area contributed by atoms with E-state index >= 15 is 0 Å². The van der Waals surface area contributed by atoms with Gasteiger partial charge in [-0.2, -0.15) is 0 Å². The lowest BCUT2D eigenvalue weighted by Crippen LogP contribution is -2.37. The summed E-state index contributed by atoms with van der Waals surface area (Å²) in [7, 11) is 4.32. The molecule has 0 saturated heterocycles. The van der Waals surface area contributed by atoms with Gasteiger partial charge in [-0.05, 0) is 24.3 Å². The molecule has 0 bridgehead atoms. The number of aromatic nitrogens is 3. The third-order valence-electron chi connectivity index (χ3n) is 4.32. The number of carbonyl (C=O) groups is 1. The molecule has 1 aromatic carbocycles. The first-order valence-corrected chi connectivity index (χ1v) is 8.35. The van der Waals surface area contributed by atoms with Gasteiger partial charge < -0.3 is 4.90 Å². The normalized spacial score (nSPS) is 11.0. The number of amides is 1. The molecule has 0 spiro atoms. The van der Waals surface area contributed by atoms with Crippen LogP contribution in [0.25, 0.3) is 11.0 Å². The standard InChI is InChI=1S/C18H16ClFN4O3/c1-22(9-11-12(19)5-4-6-13(11)20)17(26)14-8-7-10-15(21-14)23(2)18(27)24(3)16(10)25/h4-8H,9H2,1-3H3. The van der Waals surface area contributed by atoms with Gasteiger partial charge in [0.2, 0.25) is 0 Å². The van der Waals surface area contributed by atoms with Crippen molar-refractivity contribution in [1.29, 1.82) is 0 Å². The van der Waals surface area contributed by atoms with Gasteiger partial charge in [0, 0.05) is 31.7 Å². The number of fused-ring (bicyclic) bond motifs is 1. The van der Waals surface area contributed by atoms with E-state index in [1.54, 1.807) is 0 Å². The van der Waals surface area contributed by atoms with Crippen LogP contribution in [0.2, 0.25) is 5.02 Å². The molecule has 0 aliphatic carbocycles. The van der Waals surface area contributed by atoms with E-state index in [9.17, 15) is 18.8 Å². The average Bonchev–Trinajstić information content (AvgIpc) is 2.66. The highest BCUT2D eigenvalue weighted by Gasteiger charge is 2.19. The van der Waals surface area contributed by atoms with Gasteiger partial charge in [-0.15, -0.1) is 0 Å². The van der Waals surface area contributed by atoms with Crippen LogP contribution in [0.4, 0.5) is 4.39 Å². The lowest BCUT2D eigenvalue weighted by Gasteiger charge is -2.18. The smallest absolute Gasteiger partial charge is 0.332 e. The first-order valence-electron chi connectivity index (χ1n) is 7.97. The van der Waals surface area contributed by atoms with Crippen LogP contribution < -0.4 is 11.2 Å². The zero-order valence-corrected chi connectivity index (χ0v) is 15.6. The van der Waals surface area contributed by atoms with Crippen molar-refractivity contribution in [2.75, 3.05) is 7.05 Å². The fraction of sp³-hybridized carbons (Fsp3) is 0.222. The molecule has 140 valence electrons. The highest BCUT2D eigenvalue weighted by Crippen LogP contribution is 2.21. The molecule has 1 amide bonds. The molecule has 0 aliphatic heterocycles. The molecule has 0 unspecified atom stereocenters. The van der Waals surface area contributed by atoms with Crippen LogP contribution in [0.15, 0.2) is 39.9 Å². The van der Waals surface area contributed by atoms with Crippen LogP contribution in [-0.4, -0.2) is 32.0 Å². The van der Waals surface area contributed by atoms with Crippen LogP contribution in [0.5, 0.6) is 0 Å². The zero-order chi connectivity index (χ0) is 19.9. The van der Waals surface area contributed by atoms with E-state index in [1.165, 1.54) is 60.9 Å². The van der Waals surface area contributed by atoms with Crippen molar-refractivity contribution in [1.82, 2.24) is 19.0 Å². The maximum Gasteiger partial charge on any atom is 0.332 e. The minimum Gasteiger partial charge on any atom is -0.336 e. The Balaban J connectivity index is 2.01. The Kier molecular flexibility index (Phi) is 4.84. The fourth-order valence-corrected chi connectivity index (χ4v) is 2.98. The largest absolute Gasteiger partial charge is 0.336 e. The predicted octanol–water partition coefficient (Wildman–Crippen LogP) is 1.70. The molecule has 3 rings (SSSR count). The van der Waals surface area contributed by atoms with E-state index in [1.807, 2.05) is 0 Å². The van der Waals surface area contributed by atoms with Crippen molar-refractivity contribution < 1.29 is 9.18 Å². The van der Waals surface area contributed by atoms with E-state index in [-0.39, 0.29) is 33.9 Å². The predicted molar refractivity (Wildman–Crippen MR) is 99.4 cm³/mol. The van der Waals surface area contributed by atoms with Gasteiger partial charge in [-0.1, -0.05) is 17.7 Å². The zero-order valence-electron chi connectivity index (χ0n) is 14.9. The second-order valence-corrected chi connectivity index (χ2v) is 6.54. The Bertz CT molecular complexity index is 1170. The van der Waals surface area contributed by atoms with Gasteiger partial charge in [-0.25, -0.2) is 14.2 Å². The molecule has 0 N–H and O–H groups in total. The quantitative estimate of drug-likeness (QED) is 0.682. The maximum atomic E-state index is 14.0. The van der Waals surface area contributed by atoms with Crippen molar-refractivity contribution in [3.63, 3.8) is 0 Å². The van der Waals surface area contributed by atoms with Gasteiger partial charge in [0.25, 0.3) is 11.5 Å². The first kappa shape index (κ1) is 18.8. The highest BCUT2D eigenvalue weighted by atomic mass is 35.5. The molecule has 0 fully saturated rings. The molecule has 9 heteroatoms. The summed E-state index contributed by atoms with van der Waals surface area (Å²) < 4.78 is 16.1. The van der Waals surface area contributed by atoms with E-state index in [0.29, 0.717) is 0 Å². The number of aryl methyl sites for hydroxylation is 1. The lowest BCUT2D eigenvalue weighted by atomic mass is 10.2. The molecule has 0 saturated carbocycles. The van der Waals surface area contributed by atoms with Gasteiger partial charge >= 0.3 is 5.69 Å². The number of nitrogens with zero attached hydrogens (tertiary/aromatic N) is 4. The number of hydrogen-bond donors (Lipinski definition) is 0. The summed E-state index contributed by atoms with van der Waals surface area (Å²) in [4.78, 5) is 42.4. The van der Waals surface area contributed by atoms with Gasteiger partial charge in [0.05, 0.1) is 11.9 Å². The van der Waals surface area contributed by atoms with Gasteiger partial charge in [0.1, 0.15) is 17.2 Å². The highest BCUT2D eigenvalue weighted by molar-refractivity contribution is 6.31. The Morgan fingerprint density at radius 3 is 2.56 bits per heavy atom. The minimum absolute atomic E-state index is 0.0284. The molecule has 27 heavy (non-hydrogen) atoms. The van der Waals surface area contributed by atoms with Crippen molar-refractivity contribution in [2.45, 2.75) is 6.54 Å². The Morgan fingerprint density at radius 2 is 1.89 bits per heavy atom. The fourth-order valence-electron chi connectivity index (χ4n) is 2.76. The number of hydrogen-bond acceptors (Lipinski definition) is 4. The van der Waals surface area contributed by atoms with E-state index in [2.05, 4.69) is 4.98 Å². The van der Waals surface area contributed by atoms with Gasteiger partial charge in [0.15, 0.2) is 0 Å². The molecule has 2 heterocycles. The number of benzene rings is 1. The van der Waals surface area contributed by atoms with Crippen molar-refractivity contribution in [2.24, 2.45) is 14.1 Å². The molecular formula is C18H16ClFN4O3. The van der Waals surface area contributed by atoms with E-state index in [0.717, 1.165) is 4.57 Å². The average molecular weight is 391 g/mol. The number of pyridine rings is 1. The summed E-state index contributed by atoms with van der Waals surface area (Å²) in [6.07, 6.45) is 0. The molecular weight excluding hydrogens is 375 g/mol. The second-order valence-electron chi connectivity index (χ2n) is 6.13. The monoisotopic (exact) mass is 390 g/mol. The molecule has 7 nitrogen and oxygen atoms in total. The molecule has 2 aromatic heterocycles. The summed E-state index contributed by atoms with van der Waals surface area (Å²) in [5.74, 6) is -1.01. The number of halogens is 2. The third-order valence-corrected chi connectivity index (χ3v) is 4.68. The van der Waals surface area contributed by atoms with Crippen molar-refractivity contribution in [3.8, 4) is 0 Å². The molecule has 0 aliphatic rings. The summed E-state index contributed by atoms with van der Waals surface area (Å²) in [6.45, 7) is -0.0560. The van der Waals surface area contributed by atoms with Crippen LogP contribution in [0, 0.1) is 5.82 Å². The van der Waals surface area contributed by atoms with E-state index < -0.39 is 23.0 Å². The van der Waals surface area contributed by atoms with Crippen LogP contribution in [0.1, 0.15) is 16.1 Å². The summed E-state index contributed by atoms with van der Waals surface area (Å²) in [5, 5.41) is 0.433. The number of carbonyl (C=O) groups excluding carboxylic acids is 1. The van der Waals surface area contributed by atoms with Crippen molar-refractivity contribution in [3.05, 3.63) is 73.3 Å². The molecule has 0 radical (unpaired) electrons. The lowest BCUT2D eigenvalue weighted by molar-refractivity contribution is 0.0778.